The Bertz CT molecular complexity index is 3900. The van der Waals surface area contributed by atoms with Crippen molar-refractivity contribution >= 4 is 98.9 Å². The maximum atomic E-state index is 2.75. The Morgan fingerprint density at radius 3 is 1.97 bits per heavy atom. The van der Waals surface area contributed by atoms with E-state index in [1.807, 2.05) is 11.3 Å². The Morgan fingerprint density at radius 2 is 1.15 bits per heavy atom. The fraction of sp³-hybridized carbons (Fsp3) is 0.103. The molecular weight excluding hydrogens is 768 g/mol. The number of para-hydroxylation sites is 1. The van der Waals surface area contributed by atoms with Crippen molar-refractivity contribution in [3.8, 4) is 33.4 Å². The van der Waals surface area contributed by atoms with Gasteiger partial charge in [-0.05, 0) is 103 Å². The lowest BCUT2D eigenvalue weighted by atomic mass is 9.44. The summed E-state index contributed by atoms with van der Waals surface area (Å²) in [5.41, 5.74) is 22.6. The average molecular weight is 807 g/mol. The first-order valence-corrected chi connectivity index (χ1v) is 22.9. The van der Waals surface area contributed by atoms with Crippen molar-refractivity contribution < 1.29 is 0 Å². The molecule has 0 saturated heterocycles. The third-order valence-electron chi connectivity index (χ3n) is 15.5. The Labute approximate surface area is 364 Å². The van der Waals surface area contributed by atoms with E-state index in [9.17, 15) is 0 Å². The Morgan fingerprint density at radius 1 is 0.484 bits per heavy atom. The molecule has 0 radical (unpaired) electrons. The molecule has 0 unspecified atom stereocenters. The summed E-state index contributed by atoms with van der Waals surface area (Å²) in [4.78, 5) is 2.66. The molecule has 62 heavy (non-hydrogen) atoms. The molecule has 0 N–H and O–H groups in total. The summed E-state index contributed by atoms with van der Waals surface area (Å²) in [6, 6.07) is 63.1. The first-order chi connectivity index (χ1) is 30.3. The average Bonchev–Trinajstić information content (AvgIpc) is 3.98. The van der Waals surface area contributed by atoms with Gasteiger partial charge in [0.15, 0.2) is 0 Å². The predicted octanol–water partition coefficient (Wildman–Crippen LogP) is 14.3. The molecule has 2 nitrogen and oxygen atoms in total. The number of aromatic nitrogens is 1. The zero-order valence-electron chi connectivity index (χ0n) is 35.0. The van der Waals surface area contributed by atoms with Crippen molar-refractivity contribution in [1.29, 1.82) is 0 Å². The van der Waals surface area contributed by atoms with Crippen LogP contribution in [0.25, 0.3) is 86.1 Å². The van der Waals surface area contributed by atoms with Crippen LogP contribution in [0.4, 0.5) is 17.1 Å². The van der Waals surface area contributed by atoms with Gasteiger partial charge in [0, 0.05) is 81.0 Å². The molecule has 0 spiro atoms. The Hall–Kier alpha value is -6.88. The van der Waals surface area contributed by atoms with Crippen LogP contribution in [0.5, 0.6) is 0 Å². The molecule has 0 bridgehead atoms. The first kappa shape index (κ1) is 33.8. The van der Waals surface area contributed by atoms with Gasteiger partial charge in [-0.1, -0.05) is 155 Å². The van der Waals surface area contributed by atoms with Crippen LogP contribution in [0.15, 0.2) is 164 Å². The molecule has 2 aliphatic carbocycles. The van der Waals surface area contributed by atoms with E-state index in [0.717, 1.165) is 0 Å². The molecule has 2 aromatic heterocycles. The van der Waals surface area contributed by atoms with Gasteiger partial charge < -0.3 is 9.38 Å². The molecule has 290 valence electrons. The minimum atomic E-state index is -0.149. The highest BCUT2D eigenvalue weighted by Crippen LogP contribution is 2.56. The third-order valence-corrected chi connectivity index (χ3v) is 16.7. The van der Waals surface area contributed by atoms with Gasteiger partial charge in [0.2, 0.25) is 0 Å². The van der Waals surface area contributed by atoms with Crippen LogP contribution in [0.2, 0.25) is 0 Å². The molecule has 4 heterocycles. The highest BCUT2D eigenvalue weighted by molar-refractivity contribution is 7.26. The number of benzene rings is 9. The summed E-state index contributed by atoms with van der Waals surface area (Å²) < 4.78 is 5.46. The number of nitrogens with zero attached hydrogens (tertiary/aromatic N) is 2. The van der Waals surface area contributed by atoms with Gasteiger partial charge in [0.1, 0.15) is 0 Å². The minimum Gasteiger partial charge on any atom is -0.375 e. The smallest absolute Gasteiger partial charge is 0.333 e. The lowest BCUT2D eigenvalue weighted by Crippen LogP contribution is -2.57. The lowest BCUT2D eigenvalue weighted by molar-refractivity contribution is 0.660. The van der Waals surface area contributed by atoms with Crippen LogP contribution < -0.4 is 15.8 Å². The van der Waals surface area contributed by atoms with E-state index < -0.39 is 0 Å². The third kappa shape index (κ3) is 3.87. The van der Waals surface area contributed by atoms with E-state index in [1.165, 1.54) is 136 Å². The highest BCUT2D eigenvalue weighted by Gasteiger charge is 2.47. The summed E-state index contributed by atoms with van der Waals surface area (Å²) in [7, 11) is 0. The van der Waals surface area contributed by atoms with Crippen molar-refractivity contribution in [3.05, 3.63) is 186 Å². The van der Waals surface area contributed by atoms with Gasteiger partial charge >= 0.3 is 6.85 Å². The summed E-state index contributed by atoms with van der Waals surface area (Å²) in [6.45, 7) is 9.58. The van der Waals surface area contributed by atoms with Crippen molar-refractivity contribution in [2.75, 3.05) is 4.90 Å². The molecule has 0 saturated carbocycles. The number of thiophene rings is 1. The predicted molar refractivity (Wildman–Crippen MR) is 266 cm³/mol. The van der Waals surface area contributed by atoms with Crippen molar-refractivity contribution in [3.63, 3.8) is 0 Å². The molecule has 2 aliphatic heterocycles. The van der Waals surface area contributed by atoms with E-state index in [0.29, 0.717) is 0 Å². The van der Waals surface area contributed by atoms with Crippen molar-refractivity contribution in [1.82, 2.24) is 4.48 Å². The van der Waals surface area contributed by atoms with Crippen LogP contribution >= 0.6 is 11.3 Å². The van der Waals surface area contributed by atoms with E-state index in [-0.39, 0.29) is 17.7 Å². The first-order valence-electron chi connectivity index (χ1n) is 22.0. The maximum absolute atomic E-state index is 2.75. The number of hydrogen-bond donors (Lipinski definition) is 0. The molecule has 0 amide bonds. The summed E-state index contributed by atoms with van der Waals surface area (Å²) in [5, 5.41) is 7.93. The van der Waals surface area contributed by atoms with Gasteiger partial charge in [-0.2, -0.15) is 0 Å². The minimum absolute atomic E-state index is 0.0455. The van der Waals surface area contributed by atoms with Crippen molar-refractivity contribution in [2.24, 2.45) is 0 Å². The number of hydrogen-bond acceptors (Lipinski definition) is 2. The number of anilines is 3. The molecule has 0 atom stereocenters. The quantitative estimate of drug-likeness (QED) is 0.150. The van der Waals surface area contributed by atoms with Crippen LogP contribution in [-0.4, -0.2) is 11.3 Å². The zero-order chi connectivity index (χ0) is 41.0. The second-order valence-corrected chi connectivity index (χ2v) is 20.2. The molecule has 0 fully saturated rings. The second kappa shape index (κ2) is 11.1. The molecule has 11 aromatic rings. The molecule has 9 aromatic carbocycles. The SMILES string of the molecule is CC1(C)c2ccccc2-c2cc(N3c4cc5c(cc4B4c6c3cc3c(sc7ccccc73)c6-c3cccc6c7c8ccccc8ccc7n4c36)C(C)(C)c3ccccc3-5)ccc21. The number of fused-ring (bicyclic) bond motifs is 19. The molecule has 4 aliphatic rings. The van der Waals surface area contributed by atoms with E-state index in [2.05, 4.69) is 201 Å². The summed E-state index contributed by atoms with van der Waals surface area (Å²) in [5.74, 6) is 0. The fourth-order valence-electron chi connectivity index (χ4n) is 12.8. The monoisotopic (exact) mass is 806 g/mol. The zero-order valence-corrected chi connectivity index (χ0v) is 35.8. The molecular formula is C58H39BN2S. The molecule has 4 heteroatoms. The normalized spacial score (nSPS) is 15.6. The van der Waals surface area contributed by atoms with Gasteiger partial charge in [-0.15, -0.1) is 11.3 Å². The Balaban J connectivity index is 1.14. The van der Waals surface area contributed by atoms with Gasteiger partial charge in [0.05, 0.1) is 0 Å². The highest BCUT2D eigenvalue weighted by atomic mass is 32.1. The van der Waals surface area contributed by atoms with Gasteiger partial charge in [-0.25, -0.2) is 0 Å². The van der Waals surface area contributed by atoms with Crippen molar-refractivity contribution in [2.45, 2.75) is 38.5 Å². The standard InChI is InChI=1S/C58H39BN2S/c1-57(2)43-21-10-7-16-35(43)40-28-33(25-26-45(40)57)60-49-29-41-36-17-8-11-22-44(36)58(3,4)46(41)31-47(49)59-54-50(60)30-42-37-18-9-12-23-51(37)62-56(42)53(54)39-20-13-19-38-52-34-15-6-5-14-32(34)24-27-48(52)61(59)55(38)39/h5-31H,1-4H3. The lowest BCUT2D eigenvalue weighted by Gasteiger charge is -2.41. The maximum Gasteiger partial charge on any atom is 0.333 e. The largest absolute Gasteiger partial charge is 0.375 e. The summed E-state index contributed by atoms with van der Waals surface area (Å²) >= 11 is 1.96. The Kier molecular flexibility index (Phi) is 6.07. The van der Waals surface area contributed by atoms with Crippen LogP contribution in [0.3, 0.4) is 0 Å². The van der Waals surface area contributed by atoms with E-state index in [4.69, 9.17) is 0 Å². The second-order valence-electron chi connectivity index (χ2n) is 19.2. The topological polar surface area (TPSA) is 8.17 Å². The molecule has 15 rings (SSSR count). The van der Waals surface area contributed by atoms with Crippen LogP contribution in [-0.2, 0) is 10.8 Å². The van der Waals surface area contributed by atoms with E-state index >= 15 is 0 Å². The van der Waals surface area contributed by atoms with Crippen LogP contribution in [0.1, 0.15) is 49.9 Å². The van der Waals surface area contributed by atoms with Gasteiger partial charge in [-0.3, -0.25) is 0 Å². The van der Waals surface area contributed by atoms with Crippen LogP contribution in [0, 0.1) is 0 Å². The van der Waals surface area contributed by atoms with Gasteiger partial charge in [0.25, 0.3) is 0 Å². The fourth-order valence-corrected chi connectivity index (χ4v) is 14.0. The number of rotatable bonds is 1. The van der Waals surface area contributed by atoms with E-state index in [1.54, 1.807) is 0 Å². The summed E-state index contributed by atoms with van der Waals surface area (Å²) in [6.07, 6.45) is 0.